The lowest BCUT2D eigenvalue weighted by Crippen LogP contribution is -2.18. The summed E-state index contributed by atoms with van der Waals surface area (Å²) in [5.74, 6) is 7.66. The Balaban J connectivity index is 2.03. The van der Waals surface area contributed by atoms with Crippen molar-refractivity contribution >= 4 is 11.8 Å². The summed E-state index contributed by atoms with van der Waals surface area (Å²) >= 11 is 1.73. The number of rotatable bonds is 5. The first-order valence-electron chi connectivity index (χ1n) is 6.42. The highest BCUT2D eigenvalue weighted by atomic mass is 32.2. The maximum Gasteiger partial charge on any atom is 0.162 e. The maximum atomic E-state index is 5.62. The van der Waals surface area contributed by atoms with Crippen molar-refractivity contribution in [2.75, 3.05) is 26.0 Å². The van der Waals surface area contributed by atoms with Gasteiger partial charge < -0.3 is 14.8 Å². The van der Waals surface area contributed by atoms with Gasteiger partial charge in [-0.15, -0.1) is 23.6 Å². The first kappa shape index (κ1) is 14.1. The van der Waals surface area contributed by atoms with Gasteiger partial charge in [0, 0.05) is 24.4 Å². The van der Waals surface area contributed by atoms with E-state index in [1.54, 1.807) is 11.8 Å². The molecule has 4 heteroatoms. The predicted octanol–water partition coefficient (Wildman–Crippen LogP) is 2.68. The summed E-state index contributed by atoms with van der Waals surface area (Å²) in [5, 5.41) is 3.41. The first-order valence-corrected chi connectivity index (χ1v) is 7.64. The quantitative estimate of drug-likeness (QED) is 0.509. The zero-order valence-corrected chi connectivity index (χ0v) is 12.2. The van der Waals surface area contributed by atoms with Crippen LogP contribution in [0.5, 0.6) is 11.5 Å². The van der Waals surface area contributed by atoms with Crippen LogP contribution in [0, 0.1) is 11.8 Å². The summed E-state index contributed by atoms with van der Waals surface area (Å²) in [4.78, 5) is 1.23. The Morgan fingerprint density at radius 2 is 2.00 bits per heavy atom. The van der Waals surface area contributed by atoms with Crippen LogP contribution in [0.3, 0.4) is 0 Å². The molecule has 1 N–H and O–H groups in total. The van der Waals surface area contributed by atoms with Crippen LogP contribution in [0.4, 0.5) is 0 Å². The highest BCUT2D eigenvalue weighted by Gasteiger charge is 2.15. The van der Waals surface area contributed by atoms with Crippen LogP contribution in [-0.4, -0.2) is 26.0 Å². The van der Waals surface area contributed by atoms with Gasteiger partial charge in [0.05, 0.1) is 0 Å². The van der Waals surface area contributed by atoms with Gasteiger partial charge in [0.1, 0.15) is 13.2 Å². The molecule has 0 unspecified atom stereocenters. The van der Waals surface area contributed by atoms with Crippen LogP contribution in [0.2, 0.25) is 0 Å². The van der Waals surface area contributed by atoms with E-state index in [0.717, 1.165) is 31.0 Å². The Labute approximate surface area is 119 Å². The normalized spacial score (nSPS) is 12.7. The zero-order valence-electron chi connectivity index (χ0n) is 11.4. The molecule has 1 aromatic carbocycles. The molecule has 0 atom stereocenters. The number of ether oxygens (including phenoxy) is 2. The van der Waals surface area contributed by atoms with Gasteiger partial charge in [-0.2, -0.15) is 0 Å². The van der Waals surface area contributed by atoms with E-state index in [9.17, 15) is 0 Å². The van der Waals surface area contributed by atoms with Crippen LogP contribution in [0.15, 0.2) is 17.0 Å². The summed E-state index contributed by atoms with van der Waals surface area (Å²) in [6.07, 6.45) is 2.97. The fourth-order valence-corrected chi connectivity index (χ4v) is 2.56. The van der Waals surface area contributed by atoms with Gasteiger partial charge in [-0.1, -0.05) is 0 Å². The third-order valence-electron chi connectivity index (χ3n) is 2.86. The minimum atomic E-state index is 0.630. The average molecular weight is 277 g/mol. The lowest BCUT2D eigenvalue weighted by molar-refractivity contribution is 0.171. The molecular weight excluding hydrogens is 258 g/mol. The molecule has 0 spiro atoms. The molecule has 0 fully saturated rings. The molecule has 0 aromatic heterocycles. The maximum absolute atomic E-state index is 5.62. The van der Waals surface area contributed by atoms with Crippen LogP contribution in [0.25, 0.3) is 0 Å². The molecule has 1 aliphatic heterocycles. The molecule has 1 aliphatic rings. The van der Waals surface area contributed by atoms with Crippen LogP contribution in [0.1, 0.15) is 18.9 Å². The SMILES string of the molecule is CC#CCCNCc1cc2c(cc1SC)OCCO2. The van der Waals surface area contributed by atoms with E-state index in [0.29, 0.717) is 13.2 Å². The van der Waals surface area contributed by atoms with Gasteiger partial charge in [-0.3, -0.25) is 0 Å². The Morgan fingerprint density at radius 1 is 1.26 bits per heavy atom. The van der Waals surface area contributed by atoms with Crippen LogP contribution in [-0.2, 0) is 6.54 Å². The van der Waals surface area contributed by atoms with Gasteiger partial charge >= 0.3 is 0 Å². The number of benzene rings is 1. The average Bonchev–Trinajstić information content (AvgIpc) is 2.46. The lowest BCUT2D eigenvalue weighted by atomic mass is 10.2. The summed E-state index contributed by atoms with van der Waals surface area (Å²) in [6.45, 7) is 4.87. The van der Waals surface area contributed by atoms with E-state index in [4.69, 9.17) is 9.47 Å². The van der Waals surface area contributed by atoms with E-state index >= 15 is 0 Å². The van der Waals surface area contributed by atoms with E-state index in [-0.39, 0.29) is 0 Å². The monoisotopic (exact) mass is 277 g/mol. The van der Waals surface area contributed by atoms with E-state index < -0.39 is 0 Å². The van der Waals surface area contributed by atoms with Gasteiger partial charge in [0.15, 0.2) is 11.5 Å². The molecule has 102 valence electrons. The third-order valence-corrected chi connectivity index (χ3v) is 3.68. The van der Waals surface area contributed by atoms with Crippen molar-refractivity contribution in [1.82, 2.24) is 5.32 Å². The van der Waals surface area contributed by atoms with Crippen molar-refractivity contribution in [3.8, 4) is 23.3 Å². The smallest absolute Gasteiger partial charge is 0.162 e. The lowest BCUT2D eigenvalue weighted by Gasteiger charge is -2.20. The summed E-state index contributed by atoms with van der Waals surface area (Å²) in [7, 11) is 0. The van der Waals surface area contributed by atoms with Crippen molar-refractivity contribution in [1.29, 1.82) is 0 Å². The van der Waals surface area contributed by atoms with Crippen molar-refractivity contribution in [2.24, 2.45) is 0 Å². The number of fused-ring (bicyclic) bond motifs is 1. The van der Waals surface area contributed by atoms with E-state index in [2.05, 4.69) is 35.5 Å². The fourth-order valence-electron chi connectivity index (χ4n) is 1.94. The van der Waals surface area contributed by atoms with Crippen molar-refractivity contribution in [3.05, 3.63) is 17.7 Å². The Bertz CT molecular complexity index is 491. The first-order chi connectivity index (χ1) is 9.35. The molecule has 0 radical (unpaired) electrons. The molecule has 0 saturated carbocycles. The number of hydrogen-bond donors (Lipinski definition) is 1. The van der Waals surface area contributed by atoms with Crippen molar-refractivity contribution < 1.29 is 9.47 Å². The highest BCUT2D eigenvalue weighted by Crippen LogP contribution is 2.36. The summed E-state index contributed by atoms with van der Waals surface area (Å²) in [5.41, 5.74) is 1.25. The fraction of sp³-hybridized carbons (Fsp3) is 0.467. The molecule has 1 heterocycles. The second-order valence-electron chi connectivity index (χ2n) is 4.16. The predicted molar refractivity (Wildman–Crippen MR) is 79.0 cm³/mol. The van der Waals surface area contributed by atoms with Crippen LogP contribution < -0.4 is 14.8 Å². The number of thioether (sulfide) groups is 1. The van der Waals surface area contributed by atoms with Gasteiger partial charge in [-0.25, -0.2) is 0 Å². The summed E-state index contributed by atoms with van der Waals surface area (Å²) < 4.78 is 11.2. The number of nitrogens with one attached hydrogen (secondary N) is 1. The van der Waals surface area contributed by atoms with Gasteiger partial charge in [-0.05, 0) is 30.9 Å². The third kappa shape index (κ3) is 3.82. The van der Waals surface area contributed by atoms with Crippen molar-refractivity contribution in [2.45, 2.75) is 24.8 Å². The molecule has 2 rings (SSSR count). The molecule has 3 nitrogen and oxygen atoms in total. The minimum absolute atomic E-state index is 0.630. The zero-order chi connectivity index (χ0) is 13.5. The van der Waals surface area contributed by atoms with E-state index in [1.165, 1.54) is 10.5 Å². The Kier molecular flexibility index (Phi) is 5.44. The Morgan fingerprint density at radius 3 is 2.68 bits per heavy atom. The second kappa shape index (κ2) is 7.32. The van der Waals surface area contributed by atoms with Gasteiger partial charge in [0.2, 0.25) is 0 Å². The molecular formula is C15H19NO2S. The standard InChI is InChI=1S/C15H19NO2S/c1-3-4-5-6-16-11-12-9-13-14(10-15(12)19-2)18-8-7-17-13/h9-10,16H,5-8,11H2,1-2H3. The number of hydrogen-bond acceptors (Lipinski definition) is 4. The van der Waals surface area contributed by atoms with E-state index in [1.807, 2.05) is 6.92 Å². The Hall–Kier alpha value is -1.31. The molecule has 0 bridgehead atoms. The second-order valence-corrected chi connectivity index (χ2v) is 5.01. The van der Waals surface area contributed by atoms with Crippen LogP contribution >= 0.6 is 11.8 Å². The largest absolute Gasteiger partial charge is 0.486 e. The minimum Gasteiger partial charge on any atom is -0.486 e. The molecule has 0 amide bonds. The van der Waals surface area contributed by atoms with Gasteiger partial charge in [0.25, 0.3) is 0 Å². The molecule has 19 heavy (non-hydrogen) atoms. The molecule has 0 saturated heterocycles. The molecule has 0 aliphatic carbocycles. The molecule has 1 aromatic rings. The van der Waals surface area contributed by atoms with Crippen molar-refractivity contribution in [3.63, 3.8) is 0 Å². The highest BCUT2D eigenvalue weighted by molar-refractivity contribution is 7.98. The topological polar surface area (TPSA) is 30.5 Å². The summed E-state index contributed by atoms with van der Waals surface area (Å²) in [6, 6.07) is 4.15.